The number of nitrogens with one attached hydrogen (secondary N) is 1. The Hall–Kier alpha value is -0.530. The maximum absolute atomic E-state index is 7.79. The first-order chi connectivity index (χ1) is 5.53. The fraction of sp³-hybridized carbons (Fsp3) is 0.900. The van der Waals surface area contributed by atoms with Crippen LogP contribution in [0.25, 0.3) is 0 Å². The molecule has 0 spiro atoms. The maximum Gasteiger partial charge on any atom is 0.187 e. The first kappa shape index (κ1) is 9.56. The van der Waals surface area contributed by atoms with Crippen LogP contribution >= 0.6 is 0 Å². The van der Waals surface area contributed by atoms with Gasteiger partial charge < -0.3 is 4.74 Å². The molecule has 1 N–H and O–H groups in total. The van der Waals surface area contributed by atoms with E-state index >= 15 is 0 Å². The molecule has 12 heavy (non-hydrogen) atoms. The van der Waals surface area contributed by atoms with E-state index in [0.29, 0.717) is 11.8 Å². The molecule has 0 aromatic heterocycles. The highest BCUT2D eigenvalue weighted by Gasteiger charge is 2.45. The molecule has 1 fully saturated rings. The van der Waals surface area contributed by atoms with Crippen LogP contribution in [-0.2, 0) is 4.74 Å². The zero-order valence-corrected chi connectivity index (χ0v) is 8.48. The summed E-state index contributed by atoms with van der Waals surface area (Å²) in [5, 5.41) is 7.79. The van der Waals surface area contributed by atoms with Crippen LogP contribution in [0.15, 0.2) is 0 Å². The molecule has 70 valence electrons. The van der Waals surface area contributed by atoms with Crippen LogP contribution in [0.1, 0.15) is 40.5 Å². The molecule has 0 bridgehead atoms. The van der Waals surface area contributed by atoms with E-state index in [1.54, 1.807) is 0 Å². The van der Waals surface area contributed by atoms with E-state index in [0.717, 1.165) is 12.8 Å². The van der Waals surface area contributed by atoms with Crippen molar-refractivity contribution < 1.29 is 4.74 Å². The second-order valence-electron chi connectivity index (χ2n) is 4.13. The van der Waals surface area contributed by atoms with Gasteiger partial charge in [0.05, 0.1) is 11.5 Å². The lowest BCUT2D eigenvalue weighted by molar-refractivity contribution is 0.229. The Morgan fingerprint density at radius 3 is 2.42 bits per heavy atom. The van der Waals surface area contributed by atoms with Gasteiger partial charge in [0.15, 0.2) is 5.90 Å². The fourth-order valence-electron chi connectivity index (χ4n) is 2.18. The van der Waals surface area contributed by atoms with Crippen LogP contribution in [0.3, 0.4) is 0 Å². The Kier molecular flexibility index (Phi) is 2.45. The summed E-state index contributed by atoms with van der Waals surface area (Å²) in [7, 11) is 0. The standard InChI is InChI=1S/C10H19NO/c1-5-10(7(2)3)6-8(4)12-9(10)11/h7-8,11H,5-6H2,1-4H3. The van der Waals surface area contributed by atoms with Crippen molar-refractivity contribution in [2.24, 2.45) is 11.3 Å². The largest absolute Gasteiger partial charge is 0.478 e. The third-order valence-electron chi connectivity index (χ3n) is 3.16. The van der Waals surface area contributed by atoms with Gasteiger partial charge in [0, 0.05) is 0 Å². The smallest absolute Gasteiger partial charge is 0.187 e. The monoisotopic (exact) mass is 169 g/mol. The van der Waals surface area contributed by atoms with E-state index in [1.165, 1.54) is 0 Å². The van der Waals surface area contributed by atoms with E-state index in [9.17, 15) is 0 Å². The van der Waals surface area contributed by atoms with Gasteiger partial charge in [-0.1, -0.05) is 20.8 Å². The molecule has 2 atom stereocenters. The molecule has 1 heterocycles. The van der Waals surface area contributed by atoms with Crippen LogP contribution in [0, 0.1) is 16.7 Å². The third-order valence-corrected chi connectivity index (χ3v) is 3.16. The molecule has 0 aliphatic carbocycles. The highest BCUT2D eigenvalue weighted by molar-refractivity contribution is 5.82. The molecule has 0 radical (unpaired) electrons. The normalized spacial score (nSPS) is 35.8. The summed E-state index contributed by atoms with van der Waals surface area (Å²) >= 11 is 0. The Bertz CT molecular complexity index is 188. The molecular formula is C10H19NO. The van der Waals surface area contributed by atoms with Crippen LogP contribution in [0.2, 0.25) is 0 Å². The van der Waals surface area contributed by atoms with Gasteiger partial charge in [0.1, 0.15) is 0 Å². The zero-order chi connectivity index (χ0) is 9.35. The first-order valence-electron chi connectivity index (χ1n) is 4.78. The van der Waals surface area contributed by atoms with E-state index < -0.39 is 0 Å². The van der Waals surface area contributed by atoms with E-state index in [2.05, 4.69) is 20.8 Å². The second kappa shape index (κ2) is 3.08. The number of hydrogen-bond donors (Lipinski definition) is 1. The van der Waals surface area contributed by atoms with E-state index in [-0.39, 0.29) is 11.5 Å². The summed E-state index contributed by atoms with van der Waals surface area (Å²) in [5.74, 6) is 1.02. The lowest BCUT2D eigenvalue weighted by Crippen LogP contribution is -2.31. The Morgan fingerprint density at radius 1 is 1.67 bits per heavy atom. The summed E-state index contributed by atoms with van der Waals surface area (Å²) in [6.07, 6.45) is 2.27. The summed E-state index contributed by atoms with van der Waals surface area (Å²) < 4.78 is 5.41. The van der Waals surface area contributed by atoms with Crippen molar-refractivity contribution in [1.82, 2.24) is 0 Å². The van der Waals surface area contributed by atoms with Crippen molar-refractivity contribution in [3.63, 3.8) is 0 Å². The Balaban J connectivity index is 2.86. The van der Waals surface area contributed by atoms with E-state index in [1.807, 2.05) is 6.92 Å². The average Bonchev–Trinajstić information content (AvgIpc) is 2.26. The maximum atomic E-state index is 7.79. The van der Waals surface area contributed by atoms with Gasteiger partial charge in [-0.05, 0) is 25.7 Å². The Morgan fingerprint density at radius 2 is 2.25 bits per heavy atom. The fourth-order valence-corrected chi connectivity index (χ4v) is 2.18. The molecule has 1 aliphatic heterocycles. The van der Waals surface area contributed by atoms with Crippen molar-refractivity contribution in [2.45, 2.75) is 46.6 Å². The van der Waals surface area contributed by atoms with Crippen molar-refractivity contribution in [2.75, 3.05) is 0 Å². The van der Waals surface area contributed by atoms with Gasteiger partial charge in [-0.3, -0.25) is 5.41 Å². The van der Waals surface area contributed by atoms with Gasteiger partial charge in [0.25, 0.3) is 0 Å². The van der Waals surface area contributed by atoms with Crippen molar-refractivity contribution >= 4 is 5.90 Å². The zero-order valence-electron chi connectivity index (χ0n) is 8.48. The predicted octanol–water partition coefficient (Wildman–Crippen LogP) is 2.82. The van der Waals surface area contributed by atoms with Gasteiger partial charge in [-0.25, -0.2) is 0 Å². The molecular weight excluding hydrogens is 150 g/mol. The molecule has 2 heteroatoms. The minimum Gasteiger partial charge on any atom is -0.478 e. The summed E-state index contributed by atoms with van der Waals surface area (Å²) in [6.45, 7) is 8.56. The SMILES string of the molecule is CCC1(C(C)C)CC(C)OC1=N. The predicted molar refractivity (Wildman–Crippen MR) is 50.5 cm³/mol. The summed E-state index contributed by atoms with van der Waals surface area (Å²) in [4.78, 5) is 0. The topological polar surface area (TPSA) is 33.1 Å². The molecule has 1 rings (SSSR count). The van der Waals surface area contributed by atoms with Crippen molar-refractivity contribution in [3.05, 3.63) is 0 Å². The summed E-state index contributed by atoms with van der Waals surface area (Å²) in [5.41, 5.74) is 0.0272. The number of ether oxygens (including phenoxy) is 1. The molecule has 0 saturated carbocycles. The molecule has 1 aliphatic rings. The van der Waals surface area contributed by atoms with Crippen LogP contribution in [-0.4, -0.2) is 12.0 Å². The third kappa shape index (κ3) is 1.23. The summed E-state index contributed by atoms with van der Waals surface area (Å²) in [6, 6.07) is 0. The second-order valence-corrected chi connectivity index (χ2v) is 4.13. The first-order valence-corrected chi connectivity index (χ1v) is 4.78. The minimum atomic E-state index is 0.0272. The van der Waals surface area contributed by atoms with Crippen LogP contribution in [0.4, 0.5) is 0 Å². The van der Waals surface area contributed by atoms with Gasteiger partial charge in [-0.2, -0.15) is 0 Å². The number of hydrogen-bond acceptors (Lipinski definition) is 2. The van der Waals surface area contributed by atoms with Crippen molar-refractivity contribution in [1.29, 1.82) is 5.41 Å². The van der Waals surface area contributed by atoms with Crippen LogP contribution < -0.4 is 0 Å². The number of rotatable bonds is 2. The molecule has 0 amide bonds. The molecule has 1 saturated heterocycles. The lowest BCUT2D eigenvalue weighted by Gasteiger charge is -2.29. The highest BCUT2D eigenvalue weighted by Crippen LogP contribution is 2.43. The Labute approximate surface area is 74.8 Å². The van der Waals surface area contributed by atoms with E-state index in [4.69, 9.17) is 10.1 Å². The van der Waals surface area contributed by atoms with Gasteiger partial charge in [-0.15, -0.1) is 0 Å². The van der Waals surface area contributed by atoms with Crippen LogP contribution in [0.5, 0.6) is 0 Å². The molecule has 0 aromatic rings. The highest BCUT2D eigenvalue weighted by atomic mass is 16.5. The minimum absolute atomic E-state index is 0.0272. The van der Waals surface area contributed by atoms with Gasteiger partial charge in [0.2, 0.25) is 0 Å². The molecule has 2 unspecified atom stereocenters. The molecule has 2 nitrogen and oxygen atoms in total. The average molecular weight is 169 g/mol. The quantitative estimate of drug-likeness (QED) is 0.677. The van der Waals surface area contributed by atoms with Gasteiger partial charge >= 0.3 is 0 Å². The molecule has 0 aromatic carbocycles. The lowest BCUT2D eigenvalue weighted by atomic mass is 9.73. The van der Waals surface area contributed by atoms with Crippen molar-refractivity contribution in [3.8, 4) is 0 Å².